The summed E-state index contributed by atoms with van der Waals surface area (Å²) in [6, 6.07) is 41.3. The van der Waals surface area contributed by atoms with Crippen molar-refractivity contribution in [2.24, 2.45) is 16.8 Å². The molecule has 0 spiro atoms. The largest absolute Gasteiger partial charge is 0.357 e. The molecule has 2 N–H and O–H groups in total. The first-order chi connectivity index (χ1) is 21.8. The molecule has 5 heteroatoms. The zero-order chi connectivity index (χ0) is 29.0. The van der Waals surface area contributed by atoms with Crippen LogP contribution in [-0.4, -0.2) is 22.6 Å². The van der Waals surface area contributed by atoms with E-state index in [-0.39, 0.29) is 18.4 Å². The molecule has 44 heavy (non-hydrogen) atoms. The Balaban J connectivity index is 1.26. The van der Waals surface area contributed by atoms with Crippen molar-refractivity contribution in [3.8, 4) is 0 Å². The lowest BCUT2D eigenvalue weighted by Gasteiger charge is -2.33. The fourth-order valence-corrected chi connectivity index (χ4v) is 7.69. The summed E-state index contributed by atoms with van der Waals surface area (Å²) in [7, 11) is 0. The average molecular weight is 572 g/mol. The summed E-state index contributed by atoms with van der Waals surface area (Å²) < 4.78 is 2.36. The fraction of sp³-hybridized carbons (Fsp3) is 0.154. The van der Waals surface area contributed by atoms with Crippen molar-refractivity contribution in [3.63, 3.8) is 0 Å². The van der Waals surface area contributed by atoms with Crippen LogP contribution in [0.3, 0.4) is 0 Å². The van der Waals surface area contributed by atoms with Crippen LogP contribution in [0.15, 0.2) is 145 Å². The Hall–Kier alpha value is -5.13. The van der Waals surface area contributed by atoms with E-state index in [0.29, 0.717) is 17.9 Å². The van der Waals surface area contributed by atoms with Gasteiger partial charge in [0.1, 0.15) is 12.3 Å². The van der Waals surface area contributed by atoms with Crippen LogP contribution in [0.2, 0.25) is 0 Å². The molecule has 214 valence electrons. The molecule has 6 unspecified atom stereocenters. The van der Waals surface area contributed by atoms with Crippen LogP contribution >= 0.6 is 0 Å². The summed E-state index contributed by atoms with van der Waals surface area (Å²) in [5.74, 6) is 1.63. The minimum absolute atomic E-state index is 0.100. The predicted molar refractivity (Wildman–Crippen MR) is 179 cm³/mol. The number of anilines is 1. The molecule has 0 bridgehead atoms. The van der Waals surface area contributed by atoms with E-state index < -0.39 is 0 Å². The van der Waals surface area contributed by atoms with Gasteiger partial charge in [0, 0.05) is 28.1 Å². The first-order valence-corrected chi connectivity index (χ1v) is 15.6. The summed E-state index contributed by atoms with van der Waals surface area (Å²) in [6.07, 6.45) is 14.0. The Bertz CT molecular complexity index is 2060. The third-order valence-electron chi connectivity index (χ3n) is 9.63. The molecule has 3 heterocycles. The fourth-order valence-electron chi connectivity index (χ4n) is 7.69. The molecule has 4 aromatic carbocycles. The maximum atomic E-state index is 5.35. The molecule has 1 fully saturated rings. The molecule has 2 aliphatic heterocycles. The Morgan fingerprint density at radius 2 is 1.30 bits per heavy atom. The van der Waals surface area contributed by atoms with Crippen molar-refractivity contribution >= 4 is 34.7 Å². The van der Waals surface area contributed by atoms with Gasteiger partial charge in [0.2, 0.25) is 5.96 Å². The molecule has 4 aliphatic rings. The monoisotopic (exact) mass is 571 g/mol. The van der Waals surface area contributed by atoms with E-state index in [2.05, 4.69) is 172 Å². The van der Waals surface area contributed by atoms with Gasteiger partial charge in [0.25, 0.3) is 0 Å². The van der Waals surface area contributed by atoms with Gasteiger partial charge in [0.05, 0.1) is 22.9 Å². The second-order valence-electron chi connectivity index (χ2n) is 12.1. The second kappa shape index (κ2) is 10.2. The van der Waals surface area contributed by atoms with E-state index in [0.717, 1.165) is 11.5 Å². The summed E-state index contributed by atoms with van der Waals surface area (Å²) in [4.78, 5) is 7.97. The van der Waals surface area contributed by atoms with Crippen LogP contribution in [0.4, 0.5) is 5.69 Å². The van der Waals surface area contributed by atoms with Crippen LogP contribution in [0.1, 0.15) is 23.5 Å². The first kappa shape index (κ1) is 25.4. The molecule has 6 atom stereocenters. The lowest BCUT2D eigenvalue weighted by Crippen LogP contribution is -2.51. The Morgan fingerprint density at radius 3 is 2.09 bits per heavy atom. The van der Waals surface area contributed by atoms with Gasteiger partial charge < -0.3 is 10.2 Å². The van der Waals surface area contributed by atoms with Crippen molar-refractivity contribution in [3.05, 3.63) is 161 Å². The number of fused-ring (bicyclic) bond motifs is 6. The molecule has 0 amide bonds. The van der Waals surface area contributed by atoms with Gasteiger partial charge >= 0.3 is 0 Å². The topological polar surface area (TPSA) is 44.6 Å². The van der Waals surface area contributed by atoms with E-state index in [1.807, 2.05) is 0 Å². The maximum Gasteiger partial charge on any atom is 0.206 e. The quantitative estimate of drug-likeness (QED) is 0.295. The Labute approximate surface area is 256 Å². The maximum absolute atomic E-state index is 5.35. The highest BCUT2D eigenvalue weighted by molar-refractivity contribution is 5.96. The normalized spacial score (nSPS) is 26.5. The molecule has 2 aliphatic carbocycles. The predicted octanol–water partition coefficient (Wildman–Crippen LogP) is 5.63. The molecule has 0 saturated carbocycles. The SMILES string of the molecule is C1=CC2C3C=c4c(n(C5=NC(c6ccccc6)NC(c6ccccc6)N5)c5ccccc45)=CC3N(c3ccccc3)C2C=C1. The molecule has 9 rings (SSSR count). The Morgan fingerprint density at radius 1 is 0.614 bits per heavy atom. The second-order valence-corrected chi connectivity index (χ2v) is 12.1. The average Bonchev–Trinajstić information content (AvgIpc) is 3.60. The zero-order valence-electron chi connectivity index (χ0n) is 24.2. The van der Waals surface area contributed by atoms with E-state index in [1.165, 1.54) is 32.7 Å². The van der Waals surface area contributed by atoms with Crippen LogP contribution in [0.25, 0.3) is 23.1 Å². The third kappa shape index (κ3) is 4.00. The number of hydrogen-bond donors (Lipinski definition) is 2. The van der Waals surface area contributed by atoms with Crippen LogP contribution in [0.5, 0.6) is 0 Å². The molecular weight excluding hydrogens is 538 g/mol. The smallest absolute Gasteiger partial charge is 0.206 e. The highest BCUT2D eigenvalue weighted by Gasteiger charge is 2.46. The first-order valence-electron chi connectivity index (χ1n) is 15.6. The van der Waals surface area contributed by atoms with E-state index >= 15 is 0 Å². The van der Waals surface area contributed by atoms with Crippen LogP contribution in [0, 0.1) is 11.8 Å². The van der Waals surface area contributed by atoms with Crippen molar-refractivity contribution in [2.45, 2.75) is 24.4 Å². The molecule has 1 saturated heterocycles. The summed E-state index contributed by atoms with van der Waals surface area (Å²) in [5.41, 5.74) is 4.74. The molecule has 5 aromatic rings. The van der Waals surface area contributed by atoms with Crippen LogP contribution < -0.4 is 26.1 Å². The highest BCUT2D eigenvalue weighted by Crippen LogP contribution is 2.44. The number of benzene rings is 4. The van der Waals surface area contributed by atoms with Gasteiger partial charge in [-0.3, -0.25) is 9.88 Å². The van der Waals surface area contributed by atoms with E-state index in [9.17, 15) is 0 Å². The number of hydrogen-bond acceptors (Lipinski definition) is 4. The number of rotatable bonds is 3. The van der Waals surface area contributed by atoms with E-state index in [4.69, 9.17) is 4.99 Å². The van der Waals surface area contributed by atoms with Gasteiger partial charge in [-0.1, -0.05) is 127 Å². The lowest BCUT2D eigenvalue weighted by atomic mass is 9.82. The van der Waals surface area contributed by atoms with Crippen molar-refractivity contribution in [1.29, 1.82) is 0 Å². The lowest BCUT2D eigenvalue weighted by molar-refractivity contribution is 0.402. The minimum Gasteiger partial charge on any atom is -0.357 e. The van der Waals surface area contributed by atoms with Gasteiger partial charge in [-0.05, 0) is 35.4 Å². The van der Waals surface area contributed by atoms with Crippen molar-refractivity contribution in [2.75, 3.05) is 4.90 Å². The summed E-state index contributed by atoms with van der Waals surface area (Å²) in [6.45, 7) is 0. The molecule has 5 nitrogen and oxygen atoms in total. The summed E-state index contributed by atoms with van der Waals surface area (Å²) in [5, 5.41) is 11.3. The highest BCUT2D eigenvalue weighted by atomic mass is 15.4. The molecular formula is C39H33N5. The molecule has 1 aromatic heterocycles. The van der Waals surface area contributed by atoms with Gasteiger partial charge in [0.15, 0.2) is 0 Å². The molecule has 0 radical (unpaired) electrons. The number of nitrogens with one attached hydrogen (secondary N) is 2. The van der Waals surface area contributed by atoms with Crippen molar-refractivity contribution in [1.82, 2.24) is 15.2 Å². The number of aliphatic imine (C=N–C) groups is 1. The minimum atomic E-state index is -0.194. The number of allylic oxidation sites excluding steroid dienone is 2. The zero-order valence-corrected chi connectivity index (χ0v) is 24.2. The summed E-state index contributed by atoms with van der Waals surface area (Å²) >= 11 is 0. The Kier molecular flexibility index (Phi) is 5.91. The third-order valence-corrected chi connectivity index (χ3v) is 9.63. The van der Waals surface area contributed by atoms with Gasteiger partial charge in [-0.25, -0.2) is 4.99 Å². The van der Waals surface area contributed by atoms with Crippen molar-refractivity contribution < 1.29 is 0 Å². The van der Waals surface area contributed by atoms with Gasteiger partial charge in [-0.2, -0.15) is 0 Å². The number of nitrogens with zero attached hydrogens (tertiary/aromatic N) is 3. The number of aromatic nitrogens is 1. The van der Waals surface area contributed by atoms with E-state index in [1.54, 1.807) is 0 Å². The number of para-hydroxylation sites is 2. The van der Waals surface area contributed by atoms with Gasteiger partial charge in [-0.15, -0.1) is 0 Å². The van der Waals surface area contributed by atoms with Crippen LogP contribution in [-0.2, 0) is 0 Å². The standard InChI is InChI=1S/C39H33N5/c1-4-14-26(15-5-1)37-40-38(27-16-6-2-7-17-27)42-39(41-37)44-34-23-13-11-21-30(34)32-24-31-29-20-10-12-22-33(29)43(35(31)25-36(32)44)28-18-8-3-9-19-28/h1-25,29,31,33,35,37-38,40H,(H,41,42).